The van der Waals surface area contributed by atoms with Crippen molar-refractivity contribution in [2.75, 3.05) is 20.2 Å². The van der Waals surface area contributed by atoms with Gasteiger partial charge in [-0.15, -0.1) is 0 Å². The Morgan fingerprint density at radius 1 is 1.18 bits per heavy atom. The fourth-order valence-electron chi connectivity index (χ4n) is 1.09. The normalized spacial score (nSPS) is 10.3. The lowest BCUT2D eigenvalue weighted by molar-refractivity contribution is -0.173. The maximum absolute atomic E-state index is 11.9. The van der Waals surface area contributed by atoms with E-state index in [0.717, 1.165) is 4.90 Å². The molecule has 0 atom stereocenters. The lowest BCUT2D eigenvalue weighted by Gasteiger charge is -2.26. The van der Waals surface area contributed by atoms with Crippen molar-refractivity contribution in [2.24, 2.45) is 11.8 Å². The van der Waals surface area contributed by atoms with E-state index in [-0.39, 0.29) is 12.5 Å². The summed E-state index contributed by atoms with van der Waals surface area (Å²) in [5.74, 6) is -3.02. The number of likely N-dealkylation sites (N-methyl/N-ethyl adjacent to an activating group) is 1. The van der Waals surface area contributed by atoms with Crippen LogP contribution < -0.4 is 0 Å². The molecule has 0 heterocycles. The van der Waals surface area contributed by atoms with E-state index in [2.05, 4.69) is 0 Å². The van der Waals surface area contributed by atoms with Gasteiger partial charge in [-0.2, -0.15) is 0 Å². The summed E-state index contributed by atoms with van der Waals surface area (Å²) in [6.07, 6.45) is -1.05. The third-order valence-corrected chi connectivity index (χ3v) is 2.29. The van der Waals surface area contributed by atoms with Crippen LogP contribution in [0.1, 0.15) is 27.7 Å². The van der Waals surface area contributed by atoms with Gasteiger partial charge in [0.2, 0.25) is 5.96 Å². The smallest absolute Gasteiger partial charge is 0.451 e. The maximum atomic E-state index is 11.9. The number of carbonyl (C=O) groups is 3. The van der Waals surface area contributed by atoms with E-state index >= 15 is 0 Å². The van der Waals surface area contributed by atoms with Crippen molar-refractivity contribution >= 4 is 24.0 Å². The van der Waals surface area contributed by atoms with Gasteiger partial charge in [-0.3, -0.25) is 10.2 Å². The minimum atomic E-state index is -1.20. The molecule has 0 bridgehead atoms. The van der Waals surface area contributed by atoms with E-state index in [1.54, 1.807) is 13.8 Å². The molecule has 22 heavy (non-hydrogen) atoms. The van der Waals surface area contributed by atoms with Gasteiger partial charge in [0.05, 0.1) is 12.5 Å². The van der Waals surface area contributed by atoms with Crippen LogP contribution in [0.2, 0.25) is 0 Å². The van der Waals surface area contributed by atoms with Crippen molar-refractivity contribution in [3.8, 4) is 0 Å². The largest absolute Gasteiger partial charge is 0.480 e. The molecule has 0 spiro atoms. The number of ether oxygens (including phenoxy) is 1. The highest BCUT2D eigenvalue weighted by atomic mass is 16.8. The fourth-order valence-corrected chi connectivity index (χ4v) is 1.09. The van der Waals surface area contributed by atoms with Crippen LogP contribution in [0.15, 0.2) is 0 Å². The van der Waals surface area contributed by atoms with Gasteiger partial charge in [-0.25, -0.2) is 9.59 Å². The summed E-state index contributed by atoms with van der Waals surface area (Å²) in [5.41, 5.74) is 0. The second-order valence-corrected chi connectivity index (χ2v) is 5.40. The predicted octanol–water partition coefficient (Wildman–Crippen LogP) is 1.15. The van der Waals surface area contributed by atoms with Crippen LogP contribution in [0.3, 0.4) is 0 Å². The van der Waals surface area contributed by atoms with Gasteiger partial charge in [0.1, 0.15) is 6.54 Å². The molecule has 0 radical (unpaired) electrons. The van der Waals surface area contributed by atoms with Gasteiger partial charge < -0.3 is 19.6 Å². The molecule has 0 saturated heterocycles. The second-order valence-electron chi connectivity index (χ2n) is 5.40. The molecule has 0 saturated carbocycles. The zero-order valence-corrected chi connectivity index (χ0v) is 13.5. The first-order valence-electron chi connectivity index (χ1n) is 6.76. The summed E-state index contributed by atoms with van der Waals surface area (Å²) >= 11 is 0. The molecule has 0 aliphatic carbocycles. The minimum Gasteiger partial charge on any atom is -0.480 e. The predicted molar refractivity (Wildman–Crippen MR) is 76.9 cm³/mol. The molecule has 0 rings (SSSR count). The number of amides is 1. The van der Waals surface area contributed by atoms with Gasteiger partial charge in [0.15, 0.2) is 0 Å². The van der Waals surface area contributed by atoms with E-state index in [1.165, 1.54) is 7.05 Å². The summed E-state index contributed by atoms with van der Waals surface area (Å²) in [6.45, 7) is 6.30. The zero-order valence-electron chi connectivity index (χ0n) is 13.5. The molecule has 1 amide bonds. The Balaban J connectivity index is 5.06. The van der Waals surface area contributed by atoms with Gasteiger partial charge in [-0.1, -0.05) is 32.8 Å². The molecule has 2 N–H and O–H groups in total. The Morgan fingerprint density at radius 2 is 1.73 bits per heavy atom. The summed E-state index contributed by atoms with van der Waals surface area (Å²) < 4.78 is 4.92. The molecule has 0 aromatic heterocycles. The summed E-state index contributed by atoms with van der Waals surface area (Å²) in [6, 6.07) is 0. The average molecular weight is 317 g/mol. The van der Waals surface area contributed by atoms with Gasteiger partial charge >= 0.3 is 18.0 Å². The number of hydrogen-bond donors (Lipinski definition) is 2. The minimum absolute atomic E-state index is 0.0533. The number of nitrogens with zero attached hydrogens (tertiary/aromatic N) is 2. The van der Waals surface area contributed by atoms with Crippen LogP contribution in [-0.2, 0) is 19.2 Å². The standard InChI is InChI=1S/C13H23N3O6/c1-8(2)7-21-13(20)16(22-11(19)9(3)4)12(14)15(5)6-10(17)18/h8-9,14H,6-7H2,1-5H3,(H,17,18). The van der Waals surface area contributed by atoms with Crippen LogP contribution in [-0.4, -0.2) is 59.3 Å². The van der Waals surface area contributed by atoms with E-state index < -0.39 is 36.5 Å². The molecule has 0 unspecified atom stereocenters. The molecule has 0 aliphatic rings. The number of carboxylic acids is 1. The van der Waals surface area contributed by atoms with Crippen molar-refractivity contribution in [2.45, 2.75) is 27.7 Å². The Hall–Kier alpha value is -2.32. The molecule has 9 nitrogen and oxygen atoms in total. The topological polar surface area (TPSA) is 120 Å². The van der Waals surface area contributed by atoms with Crippen LogP contribution in [0.4, 0.5) is 4.79 Å². The van der Waals surface area contributed by atoms with E-state index in [9.17, 15) is 14.4 Å². The van der Waals surface area contributed by atoms with E-state index in [0.29, 0.717) is 5.06 Å². The molecule has 0 aliphatic heterocycles. The quantitative estimate of drug-likeness (QED) is 0.443. The number of carbonyl (C=O) groups excluding carboxylic acids is 2. The van der Waals surface area contributed by atoms with Gasteiger partial charge in [0, 0.05) is 7.05 Å². The molecule has 9 heteroatoms. The van der Waals surface area contributed by atoms with Crippen molar-refractivity contribution in [1.29, 1.82) is 5.41 Å². The number of carboxylic acid groups (broad SMARTS) is 1. The number of hydroxylamine groups is 2. The van der Waals surface area contributed by atoms with Crippen LogP contribution in [0, 0.1) is 17.2 Å². The van der Waals surface area contributed by atoms with Crippen molar-refractivity contribution in [1.82, 2.24) is 9.96 Å². The Labute approximate surface area is 129 Å². The van der Waals surface area contributed by atoms with Crippen molar-refractivity contribution in [3.63, 3.8) is 0 Å². The lowest BCUT2D eigenvalue weighted by Crippen LogP contribution is -2.48. The van der Waals surface area contributed by atoms with Crippen molar-refractivity contribution in [3.05, 3.63) is 0 Å². The highest BCUT2D eigenvalue weighted by molar-refractivity contribution is 5.93. The lowest BCUT2D eigenvalue weighted by atomic mass is 10.2. The van der Waals surface area contributed by atoms with Gasteiger partial charge in [-0.05, 0) is 5.92 Å². The molecular weight excluding hydrogens is 294 g/mol. The van der Waals surface area contributed by atoms with Crippen LogP contribution in [0.5, 0.6) is 0 Å². The highest BCUT2D eigenvalue weighted by Crippen LogP contribution is 2.07. The van der Waals surface area contributed by atoms with Gasteiger partial charge in [0.25, 0.3) is 0 Å². The molecule has 0 aromatic carbocycles. The third-order valence-electron chi connectivity index (χ3n) is 2.29. The SMILES string of the molecule is CC(C)COC(=O)N(OC(=O)C(C)C)C(=N)N(C)CC(=O)O. The van der Waals surface area contributed by atoms with E-state index in [4.69, 9.17) is 20.1 Å². The first kappa shape index (κ1) is 19.7. The first-order chi connectivity index (χ1) is 10.1. The number of guanidine groups is 1. The molecule has 126 valence electrons. The average Bonchev–Trinajstić information content (AvgIpc) is 2.39. The second kappa shape index (κ2) is 8.85. The Morgan fingerprint density at radius 3 is 2.14 bits per heavy atom. The Bertz CT molecular complexity index is 435. The third kappa shape index (κ3) is 6.91. The fraction of sp³-hybridized carbons (Fsp3) is 0.692. The number of hydrogen-bond acceptors (Lipinski definition) is 6. The number of aliphatic carboxylic acids is 1. The summed E-state index contributed by atoms with van der Waals surface area (Å²) in [4.78, 5) is 40.0. The maximum Gasteiger partial charge on any atom is 0.451 e. The Kier molecular flexibility index (Phi) is 7.92. The molecular formula is C13H23N3O6. The first-order valence-corrected chi connectivity index (χ1v) is 6.76. The van der Waals surface area contributed by atoms with Crippen LogP contribution in [0.25, 0.3) is 0 Å². The molecule has 0 fully saturated rings. The van der Waals surface area contributed by atoms with Crippen molar-refractivity contribution < 1.29 is 29.1 Å². The highest BCUT2D eigenvalue weighted by Gasteiger charge is 2.29. The molecule has 0 aromatic rings. The van der Waals surface area contributed by atoms with Crippen LogP contribution >= 0.6 is 0 Å². The number of rotatable bonds is 5. The monoisotopic (exact) mass is 317 g/mol. The zero-order chi connectivity index (χ0) is 17.4. The summed E-state index contributed by atoms with van der Waals surface area (Å²) in [7, 11) is 1.28. The number of nitrogens with one attached hydrogen (secondary N) is 1. The summed E-state index contributed by atoms with van der Waals surface area (Å²) in [5, 5.41) is 16.9. The van der Waals surface area contributed by atoms with E-state index in [1.807, 2.05) is 13.8 Å².